The lowest BCUT2D eigenvalue weighted by Gasteiger charge is -2.53. The minimum atomic E-state index is -0.872. The van der Waals surface area contributed by atoms with Crippen molar-refractivity contribution >= 4 is 0 Å². The number of likely N-dealkylation sites (tertiary alicyclic amines) is 1. The number of ether oxygens (including phenoxy) is 1. The Morgan fingerprint density at radius 2 is 1.72 bits per heavy atom. The molecule has 1 aliphatic heterocycles. The van der Waals surface area contributed by atoms with Crippen molar-refractivity contribution in [2.75, 3.05) is 46.4 Å². The molecule has 0 spiro atoms. The summed E-state index contributed by atoms with van der Waals surface area (Å²) < 4.78 is 5.99. The van der Waals surface area contributed by atoms with E-state index in [0.717, 1.165) is 19.6 Å². The van der Waals surface area contributed by atoms with E-state index in [9.17, 15) is 5.11 Å². The Morgan fingerprint density at radius 1 is 1.16 bits per heavy atom. The molecular weight excluding hydrogens is 318 g/mol. The molecule has 146 valence electrons. The lowest BCUT2D eigenvalue weighted by molar-refractivity contribution is -0.145. The van der Waals surface area contributed by atoms with E-state index in [1.165, 1.54) is 0 Å². The second-order valence-electron chi connectivity index (χ2n) is 8.30. The van der Waals surface area contributed by atoms with Crippen LogP contribution in [0.1, 0.15) is 40.5 Å². The number of aliphatic hydroxyl groups is 1. The van der Waals surface area contributed by atoms with Gasteiger partial charge < -0.3 is 26.2 Å². The van der Waals surface area contributed by atoms with Crippen molar-refractivity contribution in [3.63, 3.8) is 0 Å². The maximum atomic E-state index is 10.2. The highest BCUT2D eigenvalue weighted by atomic mass is 16.5. The Bertz CT molecular complexity index is 429. The van der Waals surface area contributed by atoms with Gasteiger partial charge in [0.25, 0.3) is 0 Å². The van der Waals surface area contributed by atoms with Crippen molar-refractivity contribution in [3.8, 4) is 0 Å². The van der Waals surface area contributed by atoms with Gasteiger partial charge >= 0.3 is 5.72 Å². The average Bonchev–Trinajstić information content (AvgIpc) is 2.53. The summed E-state index contributed by atoms with van der Waals surface area (Å²) >= 11 is 0. The van der Waals surface area contributed by atoms with Crippen molar-refractivity contribution in [3.05, 3.63) is 11.4 Å². The van der Waals surface area contributed by atoms with E-state index in [-0.39, 0.29) is 17.7 Å². The Labute approximate surface area is 153 Å². The molecule has 7 heteroatoms. The molecule has 0 saturated carbocycles. The van der Waals surface area contributed by atoms with Crippen LogP contribution < -0.4 is 16.4 Å². The number of aliphatic hydroxyl groups excluding tert-OH is 1. The zero-order valence-corrected chi connectivity index (χ0v) is 16.6. The zero-order chi connectivity index (χ0) is 19.1. The van der Waals surface area contributed by atoms with Gasteiger partial charge in [0.2, 0.25) is 0 Å². The summed E-state index contributed by atoms with van der Waals surface area (Å²) in [7, 11) is 2.10. The second kappa shape index (κ2) is 9.26. The Hall–Kier alpha value is -0.750. The van der Waals surface area contributed by atoms with Crippen LogP contribution in [-0.2, 0) is 4.74 Å². The van der Waals surface area contributed by atoms with Gasteiger partial charge in [-0.25, -0.2) is 6.57 Å². The predicted molar refractivity (Wildman–Crippen MR) is 101 cm³/mol. The van der Waals surface area contributed by atoms with E-state index >= 15 is 0 Å². The highest BCUT2D eigenvalue weighted by molar-refractivity contribution is 5.09. The molecule has 1 atom stereocenters. The van der Waals surface area contributed by atoms with Crippen molar-refractivity contribution < 1.29 is 9.84 Å². The van der Waals surface area contributed by atoms with E-state index < -0.39 is 11.8 Å². The molecule has 1 heterocycles. The van der Waals surface area contributed by atoms with Crippen LogP contribution >= 0.6 is 0 Å². The topological polar surface area (TPSA) is 87.1 Å². The van der Waals surface area contributed by atoms with Gasteiger partial charge in [0.1, 0.15) is 0 Å². The molecular formula is C18H37N5O2. The van der Waals surface area contributed by atoms with Gasteiger partial charge in [-0.3, -0.25) is 9.74 Å². The Morgan fingerprint density at radius 3 is 2.24 bits per heavy atom. The first kappa shape index (κ1) is 22.3. The zero-order valence-electron chi connectivity index (χ0n) is 16.6. The fourth-order valence-corrected chi connectivity index (χ4v) is 3.67. The first-order valence-electron chi connectivity index (χ1n) is 9.15. The minimum absolute atomic E-state index is 0.135. The van der Waals surface area contributed by atoms with Crippen LogP contribution in [0.25, 0.3) is 4.85 Å². The summed E-state index contributed by atoms with van der Waals surface area (Å²) in [5.41, 5.74) is 4.27. The largest absolute Gasteiger partial charge is 0.389 e. The molecule has 1 aliphatic rings. The third kappa shape index (κ3) is 6.48. The number of nitrogens with two attached hydrogens (primary N) is 1. The van der Waals surface area contributed by atoms with E-state index in [2.05, 4.69) is 55.1 Å². The van der Waals surface area contributed by atoms with Gasteiger partial charge in [0.05, 0.1) is 25.6 Å². The van der Waals surface area contributed by atoms with Crippen molar-refractivity contribution in [2.24, 2.45) is 5.73 Å². The molecule has 0 amide bonds. The van der Waals surface area contributed by atoms with Crippen LogP contribution in [0.5, 0.6) is 0 Å². The number of hydrogen-bond acceptors (Lipinski definition) is 6. The second-order valence-corrected chi connectivity index (χ2v) is 8.30. The van der Waals surface area contributed by atoms with Crippen LogP contribution in [0.4, 0.5) is 0 Å². The highest BCUT2D eigenvalue weighted by Crippen LogP contribution is 2.45. The van der Waals surface area contributed by atoms with Gasteiger partial charge in [0.15, 0.2) is 0 Å². The molecule has 1 saturated heterocycles. The normalized spacial score (nSPS) is 23.1. The molecule has 0 aromatic carbocycles. The molecule has 7 nitrogen and oxygen atoms in total. The van der Waals surface area contributed by atoms with E-state index in [4.69, 9.17) is 17.0 Å². The maximum absolute atomic E-state index is 10.2. The monoisotopic (exact) mass is 355 g/mol. The molecule has 0 radical (unpaired) electrons. The quantitative estimate of drug-likeness (QED) is 0.335. The molecule has 1 unspecified atom stereocenters. The summed E-state index contributed by atoms with van der Waals surface area (Å²) in [5, 5.41) is 16.5. The summed E-state index contributed by atoms with van der Waals surface area (Å²) in [6.45, 7) is 19.9. The van der Waals surface area contributed by atoms with Crippen molar-refractivity contribution in [1.29, 1.82) is 0 Å². The molecule has 1 fully saturated rings. The fourth-order valence-electron chi connectivity index (χ4n) is 3.67. The van der Waals surface area contributed by atoms with Gasteiger partial charge in [-0.2, -0.15) is 0 Å². The molecule has 0 aromatic heterocycles. The van der Waals surface area contributed by atoms with Crippen LogP contribution in [-0.4, -0.2) is 79.3 Å². The van der Waals surface area contributed by atoms with E-state index in [0.29, 0.717) is 25.9 Å². The summed E-state index contributed by atoms with van der Waals surface area (Å²) in [5.74, 6) is 0. The van der Waals surface area contributed by atoms with Gasteiger partial charge in [-0.05, 0) is 34.7 Å². The van der Waals surface area contributed by atoms with E-state index in [1.54, 1.807) is 0 Å². The van der Waals surface area contributed by atoms with Crippen LogP contribution in [0.3, 0.4) is 0 Å². The Kier molecular flexibility index (Phi) is 8.26. The predicted octanol–water partition coefficient (Wildman–Crippen LogP) is 0.400. The number of nitrogens with one attached hydrogen (secondary N) is 2. The number of rotatable bonds is 10. The average molecular weight is 356 g/mol. The lowest BCUT2D eigenvalue weighted by atomic mass is 9.75. The van der Waals surface area contributed by atoms with Crippen molar-refractivity contribution in [2.45, 2.75) is 63.4 Å². The first-order chi connectivity index (χ1) is 11.6. The first-order valence-corrected chi connectivity index (χ1v) is 9.15. The molecule has 1 rings (SSSR count). The fraction of sp³-hybridized carbons (Fsp3) is 0.944. The van der Waals surface area contributed by atoms with Crippen LogP contribution in [0.2, 0.25) is 0 Å². The summed E-state index contributed by atoms with van der Waals surface area (Å²) in [6.07, 6.45) is 0.637. The highest BCUT2D eigenvalue weighted by Gasteiger charge is 2.56. The molecule has 0 aromatic rings. The molecule has 0 bridgehead atoms. The SMILES string of the molecule is [C-]#[N+]C1(OCC(O)CNCCNCCN)CC(C)(C)N(C)C(C)(C)C1. The molecule has 0 aliphatic carbocycles. The standard InChI is InChI=1S/C18H37N5O2/c1-16(2)13-18(20-5,14-17(3,4)23(16)6)25-12-15(24)11-22-10-9-21-8-7-19/h15,21-22,24H,7-14,19H2,1-4,6H3. The van der Waals surface area contributed by atoms with Gasteiger partial charge in [-0.15, -0.1) is 0 Å². The molecule has 5 N–H and O–H groups in total. The number of piperidine rings is 1. The molecule has 25 heavy (non-hydrogen) atoms. The summed E-state index contributed by atoms with van der Waals surface area (Å²) in [4.78, 5) is 6.17. The minimum Gasteiger partial charge on any atom is -0.389 e. The number of hydrogen-bond donors (Lipinski definition) is 4. The van der Waals surface area contributed by atoms with Crippen molar-refractivity contribution in [1.82, 2.24) is 15.5 Å². The van der Waals surface area contributed by atoms with E-state index in [1.807, 2.05) is 0 Å². The third-order valence-electron chi connectivity index (χ3n) is 5.16. The van der Waals surface area contributed by atoms with Crippen LogP contribution in [0, 0.1) is 6.57 Å². The Balaban J connectivity index is 2.49. The van der Waals surface area contributed by atoms with Gasteiger partial charge in [0, 0.05) is 43.8 Å². The smallest absolute Gasteiger partial charge is 0.340 e. The van der Waals surface area contributed by atoms with Gasteiger partial charge in [-0.1, -0.05) is 0 Å². The summed E-state index contributed by atoms with van der Waals surface area (Å²) in [6, 6.07) is 0. The third-order valence-corrected chi connectivity index (χ3v) is 5.16. The maximum Gasteiger partial charge on any atom is 0.340 e. The lowest BCUT2D eigenvalue weighted by Crippen LogP contribution is -2.63. The number of nitrogens with zero attached hydrogens (tertiary/aromatic N) is 2. The van der Waals surface area contributed by atoms with Crippen LogP contribution in [0.15, 0.2) is 0 Å².